The van der Waals surface area contributed by atoms with Crippen molar-refractivity contribution in [2.75, 3.05) is 12.1 Å². The number of nitrogens with zero attached hydrogens (tertiary/aromatic N) is 1. The van der Waals surface area contributed by atoms with Gasteiger partial charge in [-0.15, -0.1) is 0 Å². The summed E-state index contributed by atoms with van der Waals surface area (Å²) in [6, 6.07) is 13.1. The van der Waals surface area contributed by atoms with Crippen LogP contribution < -0.4 is 20.1 Å². The normalized spacial score (nSPS) is 11.7. The molecule has 9 nitrogen and oxygen atoms in total. The van der Waals surface area contributed by atoms with E-state index in [1.165, 1.54) is 11.4 Å². The van der Waals surface area contributed by atoms with Crippen LogP contribution >= 0.6 is 11.3 Å². The van der Waals surface area contributed by atoms with Gasteiger partial charge in [0.25, 0.3) is 11.8 Å². The van der Waals surface area contributed by atoms with E-state index in [4.69, 9.17) is 9.47 Å². The Kier molecular flexibility index (Phi) is 5.31. The molecule has 1 aliphatic rings. The summed E-state index contributed by atoms with van der Waals surface area (Å²) in [5.74, 6) is 0.376. The monoisotopic (exact) mass is 425 g/mol. The van der Waals surface area contributed by atoms with Crippen LogP contribution in [0.3, 0.4) is 0 Å². The number of ether oxygens (including phenoxy) is 2. The van der Waals surface area contributed by atoms with Gasteiger partial charge < -0.3 is 20.1 Å². The summed E-state index contributed by atoms with van der Waals surface area (Å²) in [6.07, 6.45) is 0. The minimum atomic E-state index is -0.557. The summed E-state index contributed by atoms with van der Waals surface area (Å²) >= 11 is 0.863. The second kappa shape index (κ2) is 8.21. The summed E-state index contributed by atoms with van der Waals surface area (Å²) < 4.78 is 10.6. The number of nitro groups is 1. The molecular weight excluding hydrogens is 410 g/mol. The maximum absolute atomic E-state index is 12.7. The zero-order valence-corrected chi connectivity index (χ0v) is 16.2. The van der Waals surface area contributed by atoms with Crippen molar-refractivity contribution in [1.29, 1.82) is 0 Å². The summed E-state index contributed by atoms with van der Waals surface area (Å²) in [4.78, 5) is 35.4. The molecule has 0 atom stereocenters. The second-order valence-corrected chi connectivity index (χ2v) is 7.19. The van der Waals surface area contributed by atoms with Gasteiger partial charge in [-0.25, -0.2) is 0 Å². The van der Waals surface area contributed by atoms with Crippen LogP contribution in [-0.2, 0) is 6.54 Å². The number of hydrogen-bond acceptors (Lipinski definition) is 7. The van der Waals surface area contributed by atoms with E-state index >= 15 is 0 Å². The molecule has 0 spiro atoms. The van der Waals surface area contributed by atoms with Gasteiger partial charge in [0.15, 0.2) is 11.5 Å². The number of hydrogen-bond donors (Lipinski definition) is 2. The molecule has 1 aliphatic heterocycles. The van der Waals surface area contributed by atoms with Crippen LogP contribution in [0.15, 0.2) is 53.9 Å². The lowest BCUT2D eigenvalue weighted by atomic mass is 10.1. The highest BCUT2D eigenvalue weighted by Crippen LogP contribution is 2.32. The Morgan fingerprint density at radius 1 is 1.07 bits per heavy atom. The van der Waals surface area contributed by atoms with Gasteiger partial charge in [-0.1, -0.05) is 29.5 Å². The van der Waals surface area contributed by atoms with Crippen molar-refractivity contribution in [2.45, 2.75) is 6.54 Å². The quantitative estimate of drug-likeness (QED) is 0.460. The van der Waals surface area contributed by atoms with E-state index in [2.05, 4.69) is 10.6 Å². The molecule has 4 rings (SSSR count). The zero-order valence-electron chi connectivity index (χ0n) is 15.4. The lowest BCUT2D eigenvalue weighted by Gasteiger charge is -2.11. The van der Waals surface area contributed by atoms with Crippen LogP contribution in [0.2, 0.25) is 0 Å². The zero-order chi connectivity index (χ0) is 21.1. The van der Waals surface area contributed by atoms with Gasteiger partial charge in [-0.05, 0) is 29.8 Å². The van der Waals surface area contributed by atoms with Crippen molar-refractivity contribution in [2.24, 2.45) is 0 Å². The molecule has 0 aliphatic carbocycles. The second-order valence-electron chi connectivity index (χ2n) is 6.30. The van der Waals surface area contributed by atoms with Crippen LogP contribution in [0.1, 0.15) is 26.3 Å². The van der Waals surface area contributed by atoms with E-state index in [9.17, 15) is 19.7 Å². The molecule has 10 heteroatoms. The predicted molar refractivity (Wildman–Crippen MR) is 109 cm³/mol. The molecule has 0 radical (unpaired) electrons. The lowest BCUT2D eigenvalue weighted by molar-refractivity contribution is -0.380. The fourth-order valence-corrected chi connectivity index (χ4v) is 3.56. The number of para-hydroxylation sites is 1. The average Bonchev–Trinajstić information content (AvgIpc) is 3.41. The SMILES string of the molecule is O=C(Nc1ccccc1C(=O)NCc1ccc2c(c1)OCO2)c1csc([N+](=O)[O-])c1. The first-order valence-electron chi connectivity index (χ1n) is 8.81. The number of amides is 2. The fraction of sp³-hybridized carbons (Fsp3) is 0.100. The molecule has 152 valence electrons. The van der Waals surface area contributed by atoms with Crippen LogP contribution in [0, 0.1) is 10.1 Å². The summed E-state index contributed by atoms with van der Waals surface area (Å²) in [5.41, 5.74) is 1.57. The molecule has 3 aromatic rings. The molecule has 0 unspecified atom stereocenters. The molecule has 0 bridgehead atoms. The largest absolute Gasteiger partial charge is 0.454 e. The number of benzene rings is 2. The van der Waals surface area contributed by atoms with E-state index < -0.39 is 10.8 Å². The summed E-state index contributed by atoms with van der Waals surface area (Å²) in [7, 11) is 0. The first kappa shape index (κ1) is 19.4. The number of nitrogens with one attached hydrogen (secondary N) is 2. The molecule has 2 heterocycles. The number of carbonyl (C=O) groups is 2. The fourth-order valence-electron chi connectivity index (χ4n) is 2.85. The Morgan fingerprint density at radius 2 is 1.87 bits per heavy atom. The molecule has 30 heavy (non-hydrogen) atoms. The van der Waals surface area contributed by atoms with E-state index in [0.717, 1.165) is 16.9 Å². The Hall–Kier alpha value is -3.92. The van der Waals surface area contributed by atoms with Crippen molar-refractivity contribution in [1.82, 2.24) is 5.32 Å². The van der Waals surface area contributed by atoms with Crippen LogP contribution in [0.5, 0.6) is 11.5 Å². The highest BCUT2D eigenvalue weighted by Gasteiger charge is 2.18. The number of carbonyl (C=O) groups excluding carboxylic acids is 2. The molecule has 0 fully saturated rings. The highest BCUT2D eigenvalue weighted by molar-refractivity contribution is 7.13. The number of fused-ring (bicyclic) bond motifs is 1. The van der Waals surface area contributed by atoms with Gasteiger partial charge in [-0.3, -0.25) is 19.7 Å². The Labute approximate surface area is 174 Å². The van der Waals surface area contributed by atoms with Gasteiger partial charge in [0, 0.05) is 18.0 Å². The minimum Gasteiger partial charge on any atom is -0.454 e. The predicted octanol–water partition coefficient (Wildman–Crippen LogP) is 3.57. The maximum Gasteiger partial charge on any atom is 0.324 e. The Morgan fingerprint density at radius 3 is 2.67 bits per heavy atom. The van der Waals surface area contributed by atoms with Gasteiger partial charge in [0.05, 0.1) is 21.7 Å². The molecular formula is C20H15N3O6S. The smallest absolute Gasteiger partial charge is 0.324 e. The average molecular weight is 425 g/mol. The topological polar surface area (TPSA) is 120 Å². The number of thiophene rings is 1. The lowest BCUT2D eigenvalue weighted by Crippen LogP contribution is -2.24. The van der Waals surface area contributed by atoms with Gasteiger partial charge in [-0.2, -0.15) is 0 Å². The van der Waals surface area contributed by atoms with Crippen molar-refractivity contribution >= 4 is 33.8 Å². The summed E-state index contributed by atoms with van der Waals surface area (Å²) in [6.45, 7) is 0.431. The van der Waals surface area contributed by atoms with Crippen LogP contribution in [-0.4, -0.2) is 23.5 Å². The van der Waals surface area contributed by atoms with E-state index in [1.807, 2.05) is 6.07 Å². The number of anilines is 1. The maximum atomic E-state index is 12.7. The van der Waals surface area contributed by atoms with E-state index in [1.54, 1.807) is 36.4 Å². The van der Waals surface area contributed by atoms with Crippen LogP contribution in [0.25, 0.3) is 0 Å². The molecule has 2 amide bonds. The Bertz CT molecular complexity index is 1140. The first-order valence-corrected chi connectivity index (χ1v) is 9.69. The molecule has 1 aromatic heterocycles. The third kappa shape index (κ3) is 4.08. The molecule has 0 saturated carbocycles. The molecule has 0 saturated heterocycles. The Balaban J connectivity index is 1.44. The molecule has 2 N–H and O–H groups in total. The molecule has 2 aromatic carbocycles. The van der Waals surface area contributed by atoms with Gasteiger partial charge in [0.2, 0.25) is 6.79 Å². The third-order valence-electron chi connectivity index (χ3n) is 4.34. The van der Waals surface area contributed by atoms with Crippen LogP contribution in [0.4, 0.5) is 10.7 Å². The first-order chi connectivity index (χ1) is 14.5. The number of rotatable bonds is 6. The van der Waals surface area contributed by atoms with E-state index in [0.29, 0.717) is 17.2 Å². The third-order valence-corrected chi connectivity index (χ3v) is 5.22. The van der Waals surface area contributed by atoms with Crippen molar-refractivity contribution < 1.29 is 24.0 Å². The summed E-state index contributed by atoms with van der Waals surface area (Å²) in [5, 5.41) is 17.5. The highest BCUT2D eigenvalue weighted by atomic mass is 32.1. The van der Waals surface area contributed by atoms with Gasteiger partial charge >= 0.3 is 5.00 Å². The standard InChI is InChI=1S/C20H15N3O6S/c24-19(13-8-18(23(26)27)30-10-13)22-15-4-2-1-3-14(15)20(25)21-9-12-5-6-16-17(7-12)29-11-28-16/h1-8,10H,9,11H2,(H,21,25)(H,22,24). The van der Waals surface area contributed by atoms with Gasteiger partial charge in [0.1, 0.15) is 0 Å². The van der Waals surface area contributed by atoms with E-state index in [-0.39, 0.29) is 35.4 Å². The van der Waals surface area contributed by atoms with Crippen molar-refractivity contribution in [3.63, 3.8) is 0 Å². The van der Waals surface area contributed by atoms with Crippen molar-refractivity contribution in [3.8, 4) is 11.5 Å². The van der Waals surface area contributed by atoms with Crippen molar-refractivity contribution in [3.05, 3.63) is 80.7 Å². The minimum absolute atomic E-state index is 0.130.